The summed E-state index contributed by atoms with van der Waals surface area (Å²) >= 11 is 0. The number of rotatable bonds is 4. The van der Waals surface area contributed by atoms with Gasteiger partial charge in [0.2, 0.25) is 0 Å². The predicted octanol–water partition coefficient (Wildman–Crippen LogP) is 4.15. The third-order valence-electron chi connectivity index (χ3n) is 5.12. The summed E-state index contributed by atoms with van der Waals surface area (Å²) in [6.07, 6.45) is 9.46. The van der Waals surface area contributed by atoms with Crippen LogP contribution in [0.3, 0.4) is 0 Å². The first kappa shape index (κ1) is 15.9. The predicted molar refractivity (Wildman–Crippen MR) is 99.4 cm³/mol. The molecule has 2 aliphatic rings. The molecule has 1 saturated carbocycles. The van der Waals surface area contributed by atoms with E-state index >= 15 is 0 Å². The highest BCUT2D eigenvalue weighted by atomic mass is 16.5. The first-order chi connectivity index (χ1) is 12.3. The van der Waals surface area contributed by atoms with Gasteiger partial charge in [-0.25, -0.2) is 0 Å². The molecule has 128 valence electrons. The molecule has 0 saturated heterocycles. The van der Waals surface area contributed by atoms with Gasteiger partial charge in [0.05, 0.1) is 26.0 Å². The topological polar surface area (TPSA) is 43.7 Å². The molecular weight excluding hydrogens is 312 g/mol. The van der Waals surface area contributed by atoms with Crippen LogP contribution >= 0.6 is 0 Å². The lowest BCUT2D eigenvalue weighted by Gasteiger charge is -2.23. The molecule has 0 N–H and O–H groups in total. The lowest BCUT2D eigenvalue weighted by molar-refractivity contribution is 0.393. The Morgan fingerprint density at radius 3 is 2.80 bits per heavy atom. The van der Waals surface area contributed by atoms with Gasteiger partial charge in [-0.3, -0.25) is 9.98 Å². The maximum atomic E-state index is 5.57. The summed E-state index contributed by atoms with van der Waals surface area (Å²) in [7, 11) is 3.36. The van der Waals surface area contributed by atoms with Crippen LogP contribution in [0.4, 0.5) is 0 Å². The monoisotopic (exact) mass is 334 g/mol. The maximum absolute atomic E-state index is 5.57. The Balaban J connectivity index is 1.80. The molecule has 1 aromatic carbocycles. The number of hydrogen-bond acceptors (Lipinski definition) is 4. The largest absolute Gasteiger partial charge is 0.497 e. The SMILES string of the molecule is COc1ccc(/C=C2/C(c3cccnc3)=N[C@H]3CC[C@H]2C3)c(OC)c1. The van der Waals surface area contributed by atoms with Gasteiger partial charge in [0.25, 0.3) is 0 Å². The zero-order valence-electron chi connectivity index (χ0n) is 14.6. The highest BCUT2D eigenvalue weighted by Gasteiger charge is 2.34. The van der Waals surface area contributed by atoms with Gasteiger partial charge in [0, 0.05) is 29.6 Å². The number of benzene rings is 1. The van der Waals surface area contributed by atoms with Gasteiger partial charge in [-0.05, 0) is 61.1 Å². The van der Waals surface area contributed by atoms with Gasteiger partial charge in [-0.1, -0.05) is 0 Å². The summed E-state index contributed by atoms with van der Waals surface area (Å²) in [5.41, 5.74) is 4.54. The molecule has 2 heterocycles. The minimum absolute atomic E-state index is 0.454. The minimum Gasteiger partial charge on any atom is -0.497 e. The van der Waals surface area contributed by atoms with Crippen molar-refractivity contribution in [1.82, 2.24) is 4.98 Å². The Labute approximate surface area is 148 Å². The van der Waals surface area contributed by atoms with Crippen molar-refractivity contribution in [3.8, 4) is 11.5 Å². The third kappa shape index (κ3) is 3.04. The van der Waals surface area contributed by atoms with E-state index in [-0.39, 0.29) is 0 Å². The Morgan fingerprint density at radius 2 is 2.04 bits per heavy atom. The minimum atomic E-state index is 0.454. The second kappa shape index (κ2) is 6.71. The van der Waals surface area contributed by atoms with E-state index < -0.39 is 0 Å². The summed E-state index contributed by atoms with van der Waals surface area (Å²) < 4.78 is 10.9. The van der Waals surface area contributed by atoms with Crippen molar-refractivity contribution in [2.45, 2.75) is 25.3 Å². The molecule has 2 aromatic rings. The fourth-order valence-corrected chi connectivity index (χ4v) is 3.84. The van der Waals surface area contributed by atoms with Crippen LogP contribution < -0.4 is 9.47 Å². The molecule has 0 spiro atoms. The van der Waals surface area contributed by atoms with Crippen LogP contribution in [0.15, 0.2) is 53.3 Å². The van der Waals surface area contributed by atoms with Crippen molar-refractivity contribution in [2.24, 2.45) is 10.9 Å². The van der Waals surface area contributed by atoms with Gasteiger partial charge < -0.3 is 9.47 Å². The summed E-state index contributed by atoms with van der Waals surface area (Å²) in [6.45, 7) is 0. The fourth-order valence-electron chi connectivity index (χ4n) is 3.84. The average molecular weight is 334 g/mol. The zero-order valence-corrected chi connectivity index (χ0v) is 14.6. The third-order valence-corrected chi connectivity index (χ3v) is 5.12. The van der Waals surface area contributed by atoms with Crippen LogP contribution in [0.1, 0.15) is 30.4 Å². The van der Waals surface area contributed by atoms with Crippen LogP contribution in [-0.4, -0.2) is 31.0 Å². The van der Waals surface area contributed by atoms with E-state index in [1.807, 2.05) is 30.5 Å². The zero-order chi connectivity index (χ0) is 17.2. The van der Waals surface area contributed by atoms with Gasteiger partial charge in [-0.15, -0.1) is 0 Å². The Kier molecular flexibility index (Phi) is 4.26. The summed E-state index contributed by atoms with van der Waals surface area (Å²) in [5, 5.41) is 0. The number of ether oxygens (including phenoxy) is 2. The van der Waals surface area contributed by atoms with Crippen molar-refractivity contribution in [3.05, 3.63) is 59.4 Å². The van der Waals surface area contributed by atoms with Crippen molar-refractivity contribution in [1.29, 1.82) is 0 Å². The van der Waals surface area contributed by atoms with Gasteiger partial charge in [0.15, 0.2) is 0 Å². The smallest absolute Gasteiger partial charge is 0.129 e. The van der Waals surface area contributed by atoms with Crippen LogP contribution in [0.25, 0.3) is 6.08 Å². The van der Waals surface area contributed by atoms with E-state index in [0.717, 1.165) is 34.8 Å². The number of aromatic nitrogens is 1. The number of fused-ring (bicyclic) bond motifs is 2. The van der Waals surface area contributed by atoms with E-state index in [9.17, 15) is 0 Å². The van der Waals surface area contributed by atoms with E-state index in [4.69, 9.17) is 14.5 Å². The highest BCUT2D eigenvalue weighted by molar-refractivity contribution is 6.16. The van der Waals surface area contributed by atoms with Gasteiger partial charge >= 0.3 is 0 Å². The molecule has 2 bridgehead atoms. The summed E-state index contributed by atoms with van der Waals surface area (Å²) in [6, 6.07) is 10.5. The number of nitrogens with zero attached hydrogens (tertiary/aromatic N) is 2. The van der Waals surface area contributed by atoms with Crippen molar-refractivity contribution >= 4 is 11.8 Å². The summed E-state index contributed by atoms with van der Waals surface area (Å²) in [5.74, 6) is 2.17. The van der Waals surface area contributed by atoms with Crippen LogP contribution in [-0.2, 0) is 0 Å². The molecule has 0 unspecified atom stereocenters. The van der Waals surface area contributed by atoms with Crippen LogP contribution in [0.5, 0.6) is 11.5 Å². The normalized spacial score (nSPS) is 23.4. The number of pyridine rings is 1. The molecule has 1 aliphatic carbocycles. The number of methoxy groups -OCH3 is 2. The second-order valence-corrected chi connectivity index (χ2v) is 6.59. The maximum Gasteiger partial charge on any atom is 0.129 e. The lowest BCUT2D eigenvalue weighted by atomic mass is 9.86. The Hall–Kier alpha value is -2.62. The second-order valence-electron chi connectivity index (χ2n) is 6.59. The molecule has 25 heavy (non-hydrogen) atoms. The number of allylic oxidation sites excluding steroid dienone is 1. The molecule has 1 aliphatic heterocycles. The molecule has 0 radical (unpaired) electrons. The standard InChI is InChI=1S/C21H22N2O2/c1-24-18-8-6-15(20(12-18)25-2)11-19-14-5-7-17(10-14)23-21(19)16-4-3-9-22-13-16/h3-4,6,8-9,11-14,17H,5,7,10H2,1-2H3/b19-11+/t14-,17-/m0/s1. The molecule has 4 rings (SSSR count). The molecule has 0 amide bonds. The molecule has 4 heteroatoms. The molecular formula is C21H22N2O2. The quantitative estimate of drug-likeness (QED) is 0.843. The Bertz CT molecular complexity index is 827. The van der Waals surface area contributed by atoms with Crippen molar-refractivity contribution < 1.29 is 9.47 Å². The lowest BCUT2D eigenvalue weighted by Crippen LogP contribution is -2.20. The van der Waals surface area contributed by atoms with Crippen LogP contribution in [0.2, 0.25) is 0 Å². The Morgan fingerprint density at radius 1 is 1.12 bits per heavy atom. The summed E-state index contributed by atoms with van der Waals surface area (Å²) in [4.78, 5) is 9.30. The number of hydrogen-bond donors (Lipinski definition) is 0. The van der Waals surface area contributed by atoms with E-state index in [0.29, 0.717) is 12.0 Å². The molecule has 1 aromatic heterocycles. The first-order valence-electron chi connectivity index (χ1n) is 8.70. The van der Waals surface area contributed by atoms with Crippen LogP contribution in [0, 0.1) is 5.92 Å². The molecule has 4 nitrogen and oxygen atoms in total. The van der Waals surface area contributed by atoms with E-state index in [2.05, 4.69) is 17.1 Å². The van der Waals surface area contributed by atoms with Crippen molar-refractivity contribution in [2.75, 3.05) is 14.2 Å². The average Bonchev–Trinajstić information content (AvgIpc) is 3.07. The van der Waals surface area contributed by atoms with Gasteiger partial charge in [-0.2, -0.15) is 0 Å². The fraction of sp³-hybridized carbons (Fsp3) is 0.333. The van der Waals surface area contributed by atoms with Gasteiger partial charge in [0.1, 0.15) is 11.5 Å². The highest BCUT2D eigenvalue weighted by Crippen LogP contribution is 2.41. The molecule has 1 fully saturated rings. The van der Waals surface area contributed by atoms with E-state index in [1.165, 1.54) is 18.4 Å². The molecule has 2 atom stereocenters. The van der Waals surface area contributed by atoms with E-state index in [1.54, 1.807) is 20.4 Å². The van der Waals surface area contributed by atoms with Crippen molar-refractivity contribution in [3.63, 3.8) is 0 Å². The number of aliphatic imine (C=N–C) groups is 1. The first-order valence-corrected chi connectivity index (χ1v) is 8.70.